The number of rotatable bonds is 7. The van der Waals surface area contributed by atoms with Crippen molar-refractivity contribution in [2.24, 2.45) is 0 Å². The summed E-state index contributed by atoms with van der Waals surface area (Å²) in [4.78, 5) is 10.4. The number of aromatic nitrogens is 4. The number of fused-ring (bicyclic) bond motifs is 6. The zero-order valence-corrected chi connectivity index (χ0v) is 32.2. The molecule has 0 amide bonds. The summed E-state index contributed by atoms with van der Waals surface area (Å²) < 4.78 is 20.6. The average molecular weight is 763 g/mol. The van der Waals surface area contributed by atoms with Crippen molar-refractivity contribution >= 4 is 66.9 Å². The number of nitrogens with zero attached hydrogens (tertiary/aromatic N) is 4. The minimum Gasteiger partial charge on any atom is -0.309 e. The van der Waals surface area contributed by atoms with Gasteiger partial charge in [0.05, 0.1) is 33.5 Å². The molecule has 7 aromatic carbocycles. The Morgan fingerprint density at radius 3 is 1.12 bits per heavy atom. The molecule has 274 valence electrons. The van der Waals surface area contributed by atoms with Crippen LogP contribution in [-0.2, 0) is 4.57 Å². The van der Waals surface area contributed by atoms with Gasteiger partial charge in [0, 0.05) is 49.4 Å². The van der Waals surface area contributed by atoms with Crippen LogP contribution in [0.15, 0.2) is 212 Å². The first-order valence-corrected chi connectivity index (χ1v) is 21.1. The largest absolute Gasteiger partial charge is 0.309 e. The minimum absolute atomic E-state index is 0.488. The zero-order chi connectivity index (χ0) is 38.6. The third kappa shape index (κ3) is 5.43. The van der Waals surface area contributed by atoms with Gasteiger partial charge in [0.1, 0.15) is 10.9 Å². The number of pyridine rings is 2. The molecule has 0 saturated carbocycles. The van der Waals surface area contributed by atoms with Crippen molar-refractivity contribution in [2.75, 3.05) is 0 Å². The maximum Gasteiger partial charge on any atom is 0.206 e. The van der Waals surface area contributed by atoms with Gasteiger partial charge in [0.25, 0.3) is 0 Å². The van der Waals surface area contributed by atoms with Crippen LogP contribution in [0.5, 0.6) is 0 Å². The van der Waals surface area contributed by atoms with Crippen molar-refractivity contribution in [3.05, 3.63) is 212 Å². The molecule has 58 heavy (non-hydrogen) atoms. The van der Waals surface area contributed by atoms with Gasteiger partial charge in [-0.3, -0.25) is 0 Å². The van der Waals surface area contributed by atoms with Crippen molar-refractivity contribution in [2.45, 2.75) is 0 Å². The Morgan fingerprint density at radius 1 is 0.345 bits per heavy atom. The molecule has 0 aliphatic carbocycles. The van der Waals surface area contributed by atoms with Crippen LogP contribution in [0.4, 0.5) is 0 Å². The average Bonchev–Trinajstić information content (AvgIpc) is 3.82. The quantitative estimate of drug-likeness (QED) is 0.152. The summed E-state index contributed by atoms with van der Waals surface area (Å²) in [5.41, 5.74) is 11.0. The Balaban J connectivity index is 1.02. The number of benzene rings is 7. The van der Waals surface area contributed by atoms with Crippen LogP contribution in [0, 0.1) is 0 Å². The van der Waals surface area contributed by atoms with Crippen molar-refractivity contribution in [3.63, 3.8) is 0 Å². The molecule has 6 heteroatoms. The summed E-state index contributed by atoms with van der Waals surface area (Å²) in [6.07, 6.45) is 0. The molecule has 0 unspecified atom stereocenters. The third-order valence-corrected chi connectivity index (χ3v) is 14.0. The number of hydrogen-bond donors (Lipinski definition) is 0. The SMILES string of the molecule is O=P(c1ccccc1)(c1cccc(-c2cccc(-n3c4ccccc4c4ccccc43)c2)n1)c1cccc(-c2cccc(-n3c4ccccc4c4ccccc43)c2)n1. The first-order chi connectivity index (χ1) is 28.6. The second-order valence-electron chi connectivity index (χ2n) is 14.5. The maximum atomic E-state index is 15.9. The van der Waals surface area contributed by atoms with Crippen LogP contribution in [-0.4, -0.2) is 19.1 Å². The molecule has 0 spiro atoms. The van der Waals surface area contributed by atoms with E-state index in [9.17, 15) is 0 Å². The van der Waals surface area contributed by atoms with Crippen LogP contribution in [0.1, 0.15) is 0 Å². The monoisotopic (exact) mass is 762 g/mol. The Labute approximate surface area is 335 Å². The normalized spacial score (nSPS) is 11.9. The van der Waals surface area contributed by atoms with Gasteiger partial charge < -0.3 is 13.7 Å². The van der Waals surface area contributed by atoms with E-state index < -0.39 is 7.14 Å². The molecule has 11 rings (SSSR count). The molecule has 4 heterocycles. The Bertz CT molecular complexity index is 3090. The molecule has 0 radical (unpaired) electrons. The van der Waals surface area contributed by atoms with Gasteiger partial charge in [-0.05, 0) is 72.8 Å². The van der Waals surface area contributed by atoms with Gasteiger partial charge in [-0.25, -0.2) is 9.97 Å². The van der Waals surface area contributed by atoms with E-state index in [1.165, 1.54) is 21.5 Å². The van der Waals surface area contributed by atoms with E-state index in [1.807, 2.05) is 66.7 Å². The van der Waals surface area contributed by atoms with Gasteiger partial charge in [-0.1, -0.05) is 140 Å². The molecule has 0 bridgehead atoms. The van der Waals surface area contributed by atoms with Gasteiger partial charge in [-0.2, -0.15) is 0 Å². The first kappa shape index (κ1) is 34.0. The van der Waals surface area contributed by atoms with Gasteiger partial charge in [-0.15, -0.1) is 0 Å². The summed E-state index contributed by atoms with van der Waals surface area (Å²) in [7, 11) is -3.55. The summed E-state index contributed by atoms with van der Waals surface area (Å²) in [6, 6.07) is 72.2. The smallest absolute Gasteiger partial charge is 0.206 e. The van der Waals surface area contributed by atoms with E-state index in [0.29, 0.717) is 16.2 Å². The molecule has 0 N–H and O–H groups in total. The van der Waals surface area contributed by atoms with Crippen LogP contribution in [0.2, 0.25) is 0 Å². The summed E-state index contributed by atoms with van der Waals surface area (Å²) in [6.45, 7) is 0. The lowest BCUT2D eigenvalue weighted by atomic mass is 10.1. The minimum atomic E-state index is -3.55. The highest BCUT2D eigenvalue weighted by Gasteiger charge is 2.33. The lowest BCUT2D eigenvalue weighted by molar-refractivity contribution is 0.591. The van der Waals surface area contributed by atoms with Crippen molar-refractivity contribution < 1.29 is 4.57 Å². The Kier molecular flexibility index (Phi) is 8.02. The van der Waals surface area contributed by atoms with Gasteiger partial charge >= 0.3 is 0 Å². The molecule has 0 saturated heterocycles. The molecule has 4 aromatic heterocycles. The highest BCUT2D eigenvalue weighted by molar-refractivity contribution is 7.84. The fourth-order valence-corrected chi connectivity index (χ4v) is 11.0. The van der Waals surface area contributed by atoms with E-state index in [0.717, 1.165) is 56.0 Å². The molecule has 0 aliphatic rings. The van der Waals surface area contributed by atoms with Crippen molar-refractivity contribution in [1.29, 1.82) is 0 Å². The van der Waals surface area contributed by atoms with E-state index >= 15 is 4.57 Å². The number of para-hydroxylation sites is 4. The molecule has 11 aromatic rings. The van der Waals surface area contributed by atoms with E-state index in [1.54, 1.807) is 0 Å². The van der Waals surface area contributed by atoms with Gasteiger partial charge in [0.2, 0.25) is 7.14 Å². The highest BCUT2D eigenvalue weighted by atomic mass is 31.2. The van der Waals surface area contributed by atoms with Crippen LogP contribution < -0.4 is 16.2 Å². The summed E-state index contributed by atoms with van der Waals surface area (Å²) in [5, 5.41) is 5.52. The van der Waals surface area contributed by atoms with Crippen LogP contribution in [0.3, 0.4) is 0 Å². The fourth-order valence-electron chi connectivity index (χ4n) is 8.55. The molecule has 0 aliphatic heterocycles. The fraction of sp³-hybridized carbons (Fsp3) is 0. The van der Waals surface area contributed by atoms with Crippen molar-refractivity contribution in [1.82, 2.24) is 19.1 Å². The predicted molar refractivity (Wildman–Crippen MR) is 241 cm³/mol. The summed E-state index contributed by atoms with van der Waals surface area (Å²) in [5.74, 6) is 0. The second-order valence-corrected chi connectivity index (χ2v) is 17.2. The zero-order valence-electron chi connectivity index (χ0n) is 31.4. The van der Waals surface area contributed by atoms with Crippen LogP contribution in [0.25, 0.3) is 77.5 Å². The summed E-state index contributed by atoms with van der Waals surface area (Å²) >= 11 is 0. The van der Waals surface area contributed by atoms with E-state index in [4.69, 9.17) is 9.97 Å². The highest BCUT2D eigenvalue weighted by Crippen LogP contribution is 2.42. The van der Waals surface area contributed by atoms with Gasteiger partial charge in [0.15, 0.2) is 0 Å². The molecule has 5 nitrogen and oxygen atoms in total. The lowest BCUT2D eigenvalue weighted by Gasteiger charge is -2.20. The molecular formula is C52H35N4OP. The van der Waals surface area contributed by atoms with E-state index in [-0.39, 0.29) is 0 Å². The standard InChI is InChI=1S/C52H35N4OP/c57-58(40-20-2-1-3-21-40,51-32-14-26-45(53-51)36-16-12-18-38(34-36)55-47-28-8-4-22-41(47)42-23-5-9-29-48(42)55)52-33-15-27-46(54-52)37-17-13-19-39(35-37)56-49-30-10-6-24-43(49)44-25-7-11-31-50(44)56/h1-35H. The lowest BCUT2D eigenvalue weighted by Crippen LogP contribution is -2.29. The van der Waals surface area contributed by atoms with Crippen molar-refractivity contribution in [3.8, 4) is 33.9 Å². The first-order valence-electron chi connectivity index (χ1n) is 19.4. The van der Waals surface area contributed by atoms with E-state index in [2.05, 4.69) is 155 Å². The second kappa shape index (κ2) is 13.7. The third-order valence-electron chi connectivity index (χ3n) is 11.2. The topological polar surface area (TPSA) is 52.7 Å². The Hall–Kier alpha value is -7.33. The predicted octanol–water partition coefficient (Wildman–Crippen LogP) is 11.6. The Morgan fingerprint density at radius 2 is 0.707 bits per heavy atom. The number of hydrogen-bond acceptors (Lipinski definition) is 3. The molecule has 0 atom stereocenters. The molecular weight excluding hydrogens is 728 g/mol. The maximum absolute atomic E-state index is 15.9. The molecule has 0 fully saturated rings. The van der Waals surface area contributed by atoms with Crippen LogP contribution >= 0.6 is 7.14 Å².